The Kier molecular flexibility index (Phi) is 7.39. The molecule has 1 aliphatic rings. The van der Waals surface area contributed by atoms with Gasteiger partial charge in [0.25, 0.3) is 0 Å². The molecule has 3 nitrogen and oxygen atoms in total. The van der Waals surface area contributed by atoms with Gasteiger partial charge in [0, 0.05) is 31.3 Å². The van der Waals surface area contributed by atoms with Crippen LogP contribution in [0.4, 0.5) is 0 Å². The molecule has 0 aliphatic carbocycles. The van der Waals surface area contributed by atoms with E-state index in [1.54, 1.807) is 7.05 Å². The minimum absolute atomic E-state index is 0.212. The Hall–Kier alpha value is -0.520. The van der Waals surface area contributed by atoms with Crippen LogP contribution in [0.15, 0.2) is 22.7 Å². The molecule has 1 saturated heterocycles. The van der Waals surface area contributed by atoms with E-state index in [1.807, 2.05) is 19.3 Å². The molecule has 1 aromatic rings. The number of nitrogens with zero attached hydrogens (tertiary/aromatic N) is 2. The minimum Gasteiger partial charge on any atom is -0.385 e. The lowest BCUT2D eigenvalue weighted by Crippen LogP contribution is -2.00. The maximum Gasteiger partial charge on any atom is 0.129 e. The third-order valence-corrected chi connectivity index (χ3v) is 5.42. The van der Waals surface area contributed by atoms with Crippen LogP contribution in [0.25, 0.3) is 0 Å². The van der Waals surface area contributed by atoms with Crippen LogP contribution in [-0.2, 0) is 10.7 Å². The van der Waals surface area contributed by atoms with Crippen LogP contribution in [-0.4, -0.2) is 30.3 Å². The van der Waals surface area contributed by atoms with Gasteiger partial charge in [0.15, 0.2) is 0 Å². The van der Waals surface area contributed by atoms with Gasteiger partial charge >= 0.3 is 0 Å². The highest BCUT2D eigenvalue weighted by molar-refractivity contribution is 7.87. The minimum atomic E-state index is 0.212. The van der Waals surface area contributed by atoms with Crippen LogP contribution in [0, 0.1) is 0 Å². The highest BCUT2D eigenvalue weighted by atomic mass is 35.5. The van der Waals surface area contributed by atoms with E-state index in [2.05, 4.69) is 32.9 Å². The third-order valence-electron chi connectivity index (χ3n) is 2.62. The molecule has 0 saturated carbocycles. The van der Waals surface area contributed by atoms with Gasteiger partial charge in [-0.15, -0.1) is 0 Å². The molecule has 1 aromatic heterocycles. The van der Waals surface area contributed by atoms with E-state index in [9.17, 15) is 0 Å². The summed E-state index contributed by atoms with van der Waals surface area (Å²) < 4.78 is 4.43. The summed E-state index contributed by atoms with van der Waals surface area (Å²) >= 11 is 10.1. The van der Waals surface area contributed by atoms with Crippen molar-refractivity contribution in [3.8, 4) is 0 Å². The fourth-order valence-electron chi connectivity index (χ4n) is 1.81. The monoisotopic (exact) mass is 303 g/mol. The first-order valence-electron chi connectivity index (χ1n) is 5.75. The summed E-state index contributed by atoms with van der Waals surface area (Å²) in [7, 11) is 3.90. The number of hydrogen-bond acceptors (Lipinski definition) is 3. The van der Waals surface area contributed by atoms with Gasteiger partial charge in [-0.1, -0.05) is 40.6 Å². The van der Waals surface area contributed by atoms with Crippen molar-refractivity contribution < 1.29 is 0 Å². The molecule has 2 rings (SSSR count). The van der Waals surface area contributed by atoms with Crippen LogP contribution in [0.3, 0.4) is 0 Å². The zero-order valence-corrected chi connectivity index (χ0v) is 13.0. The van der Waals surface area contributed by atoms with Crippen molar-refractivity contribution in [2.75, 3.05) is 19.8 Å². The number of nitrogens with one attached hydrogen (secondary N) is 1. The summed E-state index contributed by atoms with van der Waals surface area (Å²) in [5.74, 6) is 1.24. The Labute approximate surface area is 121 Å². The molecule has 2 atom stereocenters. The second-order valence-corrected chi connectivity index (χ2v) is 6.51. The molecular weight excluding hydrogens is 286 g/mol. The van der Waals surface area contributed by atoms with Crippen molar-refractivity contribution in [3.63, 3.8) is 0 Å². The van der Waals surface area contributed by atoms with E-state index < -0.39 is 0 Å². The van der Waals surface area contributed by atoms with Gasteiger partial charge in [-0.2, -0.15) is 0 Å². The highest BCUT2D eigenvalue weighted by Crippen LogP contribution is 2.32. The standard InChI is InChI=1S/C10H13ClN2S.C2H5NS/c1-12-14-6-2-3-9(14)8-4-5-10(11)13-7-8;1-3-2-4/h4-5,7,9H,2-3,6H2,1H3;2H,1H3,(H,3,4). The molecule has 6 heteroatoms. The van der Waals surface area contributed by atoms with E-state index in [4.69, 9.17) is 11.6 Å². The number of aromatic nitrogens is 1. The fourth-order valence-corrected chi connectivity index (χ4v) is 4.00. The van der Waals surface area contributed by atoms with E-state index in [1.165, 1.54) is 29.6 Å². The Morgan fingerprint density at radius 3 is 2.83 bits per heavy atom. The average molecular weight is 304 g/mol. The predicted molar refractivity (Wildman–Crippen MR) is 84.5 cm³/mol. The van der Waals surface area contributed by atoms with Crippen molar-refractivity contribution in [2.24, 2.45) is 4.36 Å². The van der Waals surface area contributed by atoms with Crippen molar-refractivity contribution in [1.82, 2.24) is 10.3 Å². The van der Waals surface area contributed by atoms with Crippen LogP contribution in [0.5, 0.6) is 0 Å². The van der Waals surface area contributed by atoms with Crippen molar-refractivity contribution in [2.45, 2.75) is 18.1 Å². The van der Waals surface area contributed by atoms with Crippen LogP contribution in [0.1, 0.15) is 23.7 Å². The Morgan fingerprint density at radius 2 is 2.33 bits per heavy atom. The Bertz CT molecular complexity index is 406. The first kappa shape index (κ1) is 15.5. The molecule has 18 heavy (non-hydrogen) atoms. The van der Waals surface area contributed by atoms with Gasteiger partial charge in [0.1, 0.15) is 5.15 Å². The predicted octanol–water partition coefficient (Wildman–Crippen LogP) is 3.16. The second kappa shape index (κ2) is 8.56. The Morgan fingerprint density at radius 1 is 1.61 bits per heavy atom. The van der Waals surface area contributed by atoms with Gasteiger partial charge in [0.2, 0.25) is 0 Å². The molecule has 0 amide bonds. The van der Waals surface area contributed by atoms with Gasteiger partial charge in [0.05, 0.1) is 5.49 Å². The largest absolute Gasteiger partial charge is 0.385 e. The van der Waals surface area contributed by atoms with E-state index in [0.717, 1.165) is 0 Å². The van der Waals surface area contributed by atoms with Crippen LogP contribution < -0.4 is 5.32 Å². The van der Waals surface area contributed by atoms with E-state index in [0.29, 0.717) is 10.4 Å². The number of pyridine rings is 1. The molecule has 1 fully saturated rings. The Balaban J connectivity index is 0.000000357. The van der Waals surface area contributed by atoms with Gasteiger partial charge in [-0.25, -0.2) is 4.98 Å². The zero-order chi connectivity index (χ0) is 13.4. The van der Waals surface area contributed by atoms with Gasteiger partial charge < -0.3 is 5.32 Å². The highest BCUT2D eigenvalue weighted by Gasteiger charge is 2.22. The van der Waals surface area contributed by atoms with Crippen LogP contribution >= 0.6 is 23.8 Å². The van der Waals surface area contributed by atoms with Crippen molar-refractivity contribution >= 4 is 40.0 Å². The molecule has 0 aromatic carbocycles. The molecule has 0 radical (unpaired) electrons. The summed E-state index contributed by atoms with van der Waals surface area (Å²) in [4.78, 5) is 4.12. The third kappa shape index (κ3) is 4.63. The molecule has 0 spiro atoms. The number of halogens is 1. The van der Waals surface area contributed by atoms with Crippen LogP contribution in [0.2, 0.25) is 5.15 Å². The topological polar surface area (TPSA) is 37.3 Å². The molecule has 2 heterocycles. The summed E-state index contributed by atoms with van der Waals surface area (Å²) in [5, 5.41) is 3.78. The summed E-state index contributed by atoms with van der Waals surface area (Å²) in [6, 6.07) is 3.95. The van der Waals surface area contributed by atoms with Crippen molar-refractivity contribution in [1.29, 1.82) is 0 Å². The molecule has 2 unspecified atom stereocenters. The average Bonchev–Trinajstić information content (AvgIpc) is 2.88. The van der Waals surface area contributed by atoms with Gasteiger partial charge in [-0.3, -0.25) is 4.36 Å². The van der Waals surface area contributed by atoms with Crippen molar-refractivity contribution in [3.05, 3.63) is 29.0 Å². The maximum absolute atomic E-state index is 5.76. The molecule has 1 N–H and O–H groups in total. The van der Waals surface area contributed by atoms with E-state index >= 15 is 0 Å². The lowest BCUT2D eigenvalue weighted by molar-refractivity contribution is 0.824. The number of hydrogen-bond donors (Lipinski definition) is 1. The maximum atomic E-state index is 5.76. The first-order chi connectivity index (χ1) is 8.72. The summed E-state index contributed by atoms with van der Waals surface area (Å²) in [5.41, 5.74) is 2.75. The molecule has 1 aliphatic heterocycles. The lowest BCUT2D eigenvalue weighted by atomic mass is 10.1. The summed E-state index contributed by atoms with van der Waals surface area (Å²) in [6.07, 6.45) is 4.42. The normalized spacial score (nSPS) is 22.2. The van der Waals surface area contributed by atoms with E-state index in [-0.39, 0.29) is 10.7 Å². The van der Waals surface area contributed by atoms with Gasteiger partial charge in [-0.05, 0) is 24.5 Å². The SMILES string of the molecule is CN=S1CCCC1c1ccc(Cl)nc1.CNC=S. The molecular formula is C12H18ClN3S2. The number of thiocarbonyl (C=S) groups is 1. The quantitative estimate of drug-likeness (QED) is 0.673. The summed E-state index contributed by atoms with van der Waals surface area (Å²) in [6.45, 7) is 0. The fraction of sp³-hybridized carbons (Fsp3) is 0.500. The molecule has 0 bridgehead atoms. The second-order valence-electron chi connectivity index (χ2n) is 3.74. The number of rotatable bonds is 2. The smallest absolute Gasteiger partial charge is 0.129 e. The molecule has 100 valence electrons. The zero-order valence-electron chi connectivity index (χ0n) is 10.6. The lowest BCUT2D eigenvalue weighted by Gasteiger charge is -2.11. The first-order valence-corrected chi connectivity index (χ1v) is 8.01.